The molecule has 26 heavy (non-hydrogen) atoms. The highest BCUT2D eigenvalue weighted by Crippen LogP contribution is 2.28. The molecule has 0 amide bonds. The van der Waals surface area contributed by atoms with Crippen molar-refractivity contribution in [1.29, 1.82) is 0 Å². The van der Waals surface area contributed by atoms with Crippen molar-refractivity contribution in [2.75, 3.05) is 45.2 Å². The minimum atomic E-state index is -4.67. The van der Waals surface area contributed by atoms with Crippen molar-refractivity contribution in [2.45, 2.75) is 12.6 Å². The fourth-order valence-corrected chi connectivity index (χ4v) is 3.84. The maximum absolute atomic E-state index is 13.0. The first-order chi connectivity index (χ1) is 12.1. The third-order valence-corrected chi connectivity index (χ3v) is 6.01. The highest BCUT2D eigenvalue weighted by Gasteiger charge is 2.38. The van der Waals surface area contributed by atoms with Gasteiger partial charge in [-0.2, -0.15) is 34.7 Å². The van der Waals surface area contributed by atoms with E-state index in [2.05, 4.69) is 15.3 Å². The summed E-state index contributed by atoms with van der Waals surface area (Å²) >= 11 is 0. The molecule has 0 radical (unpaired) electrons. The average molecular weight is 393 g/mol. The molecule has 0 saturated carbocycles. The summed E-state index contributed by atoms with van der Waals surface area (Å²) in [4.78, 5) is 1.75. The molecule has 3 rings (SSSR count). The standard InChI is InChI=1S/C13H18F3N7O2S/c1-20(2)26(24,25)22-7-3-6-21(8-9-22)11-5-4-10-17-18-12(13(14,15)16)23(10)19-11/h4-5H,3,6-9H2,1-2H3. The van der Waals surface area contributed by atoms with Crippen molar-refractivity contribution in [1.82, 2.24) is 28.4 Å². The van der Waals surface area contributed by atoms with Crippen molar-refractivity contribution in [3.8, 4) is 0 Å². The second-order valence-corrected chi connectivity index (χ2v) is 8.16. The van der Waals surface area contributed by atoms with Crippen LogP contribution in [0.1, 0.15) is 12.2 Å². The van der Waals surface area contributed by atoms with Crippen LogP contribution < -0.4 is 4.90 Å². The van der Waals surface area contributed by atoms with Gasteiger partial charge in [-0.05, 0) is 18.6 Å². The number of hydrogen-bond acceptors (Lipinski definition) is 6. The van der Waals surface area contributed by atoms with E-state index in [9.17, 15) is 21.6 Å². The van der Waals surface area contributed by atoms with Gasteiger partial charge < -0.3 is 4.90 Å². The summed E-state index contributed by atoms with van der Waals surface area (Å²) in [7, 11) is -0.622. The van der Waals surface area contributed by atoms with E-state index in [1.54, 1.807) is 11.0 Å². The van der Waals surface area contributed by atoms with Gasteiger partial charge in [-0.3, -0.25) is 0 Å². The van der Waals surface area contributed by atoms with E-state index < -0.39 is 22.2 Å². The number of alkyl halides is 3. The Hall–Kier alpha value is -1.99. The molecule has 0 spiro atoms. The molecule has 1 aliphatic rings. The molecule has 9 nitrogen and oxygen atoms in total. The van der Waals surface area contributed by atoms with E-state index in [1.807, 2.05) is 0 Å². The second-order valence-electron chi connectivity index (χ2n) is 6.01. The lowest BCUT2D eigenvalue weighted by Crippen LogP contribution is -2.42. The van der Waals surface area contributed by atoms with Crippen molar-refractivity contribution in [2.24, 2.45) is 0 Å². The van der Waals surface area contributed by atoms with Crippen molar-refractivity contribution in [3.63, 3.8) is 0 Å². The van der Waals surface area contributed by atoms with Crippen LogP contribution in [-0.2, 0) is 16.4 Å². The van der Waals surface area contributed by atoms with Crippen LogP contribution in [-0.4, -0.2) is 77.1 Å². The third kappa shape index (κ3) is 3.46. The molecule has 1 aliphatic heterocycles. The first-order valence-electron chi connectivity index (χ1n) is 7.83. The molecule has 0 aromatic carbocycles. The minimum absolute atomic E-state index is 0.00675. The summed E-state index contributed by atoms with van der Waals surface area (Å²) in [6.07, 6.45) is -4.14. The Balaban J connectivity index is 1.86. The van der Waals surface area contributed by atoms with E-state index in [1.165, 1.54) is 24.5 Å². The van der Waals surface area contributed by atoms with E-state index in [-0.39, 0.29) is 12.2 Å². The Labute approximate surface area is 148 Å². The summed E-state index contributed by atoms with van der Waals surface area (Å²) in [5, 5.41) is 10.6. The highest BCUT2D eigenvalue weighted by atomic mass is 32.2. The minimum Gasteiger partial charge on any atom is -0.354 e. The lowest BCUT2D eigenvalue weighted by molar-refractivity contribution is -0.146. The Morgan fingerprint density at radius 3 is 2.46 bits per heavy atom. The normalized spacial score (nSPS) is 17.8. The Morgan fingerprint density at radius 2 is 1.81 bits per heavy atom. The lowest BCUT2D eigenvalue weighted by atomic mass is 10.4. The molecule has 2 aromatic heterocycles. The zero-order valence-electron chi connectivity index (χ0n) is 14.2. The van der Waals surface area contributed by atoms with E-state index >= 15 is 0 Å². The second kappa shape index (κ2) is 6.63. The number of aromatic nitrogens is 4. The third-order valence-electron chi connectivity index (χ3n) is 4.07. The molecule has 0 atom stereocenters. The predicted molar refractivity (Wildman–Crippen MR) is 86.8 cm³/mol. The Kier molecular flexibility index (Phi) is 4.79. The quantitative estimate of drug-likeness (QED) is 0.753. The molecule has 0 N–H and O–H groups in total. The Morgan fingerprint density at radius 1 is 1.08 bits per heavy atom. The fourth-order valence-electron chi connectivity index (χ4n) is 2.71. The number of halogens is 3. The lowest BCUT2D eigenvalue weighted by Gasteiger charge is -2.24. The maximum Gasteiger partial charge on any atom is 0.453 e. The van der Waals surface area contributed by atoms with E-state index in [0.29, 0.717) is 36.4 Å². The van der Waals surface area contributed by atoms with Gasteiger partial charge in [0.05, 0.1) is 0 Å². The van der Waals surface area contributed by atoms with Gasteiger partial charge >= 0.3 is 6.18 Å². The zero-order valence-corrected chi connectivity index (χ0v) is 15.0. The first kappa shape index (κ1) is 18.8. The highest BCUT2D eigenvalue weighted by molar-refractivity contribution is 7.86. The Bertz CT molecular complexity index is 897. The first-order valence-corrected chi connectivity index (χ1v) is 9.22. The summed E-state index contributed by atoms with van der Waals surface area (Å²) < 4.78 is 66.6. The molecule has 2 aromatic rings. The summed E-state index contributed by atoms with van der Waals surface area (Å²) in [5.41, 5.74) is -0.00675. The number of rotatable bonds is 3. The SMILES string of the molecule is CN(C)S(=O)(=O)N1CCCN(c2ccc3nnc(C(F)(F)F)n3n2)CC1. The van der Waals surface area contributed by atoms with Crippen molar-refractivity contribution < 1.29 is 21.6 Å². The molecule has 13 heteroatoms. The van der Waals surface area contributed by atoms with Gasteiger partial charge in [-0.15, -0.1) is 15.3 Å². The number of nitrogens with zero attached hydrogens (tertiary/aromatic N) is 7. The molecule has 1 fully saturated rings. The molecular weight excluding hydrogens is 375 g/mol. The molecule has 0 unspecified atom stereocenters. The molecule has 0 aliphatic carbocycles. The van der Waals surface area contributed by atoms with Crippen LogP contribution in [0.15, 0.2) is 12.1 Å². The largest absolute Gasteiger partial charge is 0.453 e. The van der Waals surface area contributed by atoms with Crippen LogP contribution in [0.5, 0.6) is 0 Å². The van der Waals surface area contributed by atoms with Crippen LogP contribution in [0.3, 0.4) is 0 Å². The maximum atomic E-state index is 13.0. The van der Waals surface area contributed by atoms with Gasteiger partial charge in [0.1, 0.15) is 5.82 Å². The van der Waals surface area contributed by atoms with Crippen LogP contribution in [0.25, 0.3) is 5.65 Å². The number of hydrogen-bond donors (Lipinski definition) is 0. The molecular formula is C13H18F3N7O2S. The average Bonchev–Trinajstić information content (AvgIpc) is 2.82. The van der Waals surface area contributed by atoms with Crippen molar-refractivity contribution in [3.05, 3.63) is 18.0 Å². The fraction of sp³-hybridized carbons (Fsp3) is 0.615. The van der Waals surface area contributed by atoms with Crippen LogP contribution >= 0.6 is 0 Å². The summed E-state index contributed by atoms with van der Waals surface area (Å²) in [6.45, 7) is 1.34. The smallest absolute Gasteiger partial charge is 0.354 e. The summed E-state index contributed by atoms with van der Waals surface area (Å²) in [6, 6.07) is 2.96. The van der Waals surface area contributed by atoms with Gasteiger partial charge in [-0.1, -0.05) is 0 Å². The number of anilines is 1. The van der Waals surface area contributed by atoms with Gasteiger partial charge in [0, 0.05) is 40.3 Å². The van der Waals surface area contributed by atoms with Crippen LogP contribution in [0, 0.1) is 0 Å². The van der Waals surface area contributed by atoms with E-state index in [4.69, 9.17) is 0 Å². The van der Waals surface area contributed by atoms with Gasteiger partial charge in [0.15, 0.2) is 5.65 Å². The van der Waals surface area contributed by atoms with Crippen LogP contribution in [0.4, 0.5) is 19.0 Å². The molecule has 0 bridgehead atoms. The van der Waals surface area contributed by atoms with Crippen LogP contribution in [0.2, 0.25) is 0 Å². The van der Waals surface area contributed by atoms with Gasteiger partial charge in [0.2, 0.25) is 0 Å². The van der Waals surface area contributed by atoms with Gasteiger partial charge in [-0.25, -0.2) is 0 Å². The molecule has 144 valence electrons. The van der Waals surface area contributed by atoms with Gasteiger partial charge in [0.25, 0.3) is 16.0 Å². The monoisotopic (exact) mass is 393 g/mol. The molecule has 1 saturated heterocycles. The summed E-state index contributed by atoms with van der Waals surface area (Å²) in [5.74, 6) is -0.882. The zero-order chi connectivity index (χ0) is 19.1. The van der Waals surface area contributed by atoms with E-state index in [0.717, 1.165) is 4.31 Å². The number of fused-ring (bicyclic) bond motifs is 1. The topological polar surface area (TPSA) is 86.9 Å². The molecule has 3 heterocycles. The van der Waals surface area contributed by atoms with Crippen molar-refractivity contribution >= 4 is 21.7 Å². The predicted octanol–water partition coefficient (Wildman–Crippen LogP) is 0.462.